The minimum absolute atomic E-state index is 0.0326. The fraction of sp³-hybridized carbons (Fsp3) is 0.222. The Morgan fingerprint density at radius 3 is 2.24 bits per heavy atom. The fourth-order valence-corrected chi connectivity index (χ4v) is 4.32. The van der Waals surface area contributed by atoms with E-state index in [1.165, 1.54) is 0 Å². The van der Waals surface area contributed by atoms with Gasteiger partial charge in [-0.25, -0.2) is 4.79 Å². The van der Waals surface area contributed by atoms with Crippen LogP contribution in [0.25, 0.3) is 11.1 Å². The van der Waals surface area contributed by atoms with Crippen molar-refractivity contribution >= 4 is 23.7 Å². The van der Waals surface area contributed by atoms with Crippen LogP contribution < -0.4 is 10.6 Å². The monoisotopic (exact) mass is 458 g/mol. The van der Waals surface area contributed by atoms with E-state index in [1.54, 1.807) is 31.2 Å². The molecule has 0 unspecified atom stereocenters. The molecule has 34 heavy (non-hydrogen) atoms. The lowest BCUT2D eigenvalue weighted by molar-refractivity contribution is -0.136. The maximum absolute atomic E-state index is 12.4. The quantitative estimate of drug-likeness (QED) is 0.459. The predicted octanol–water partition coefficient (Wildman–Crippen LogP) is 4.57. The van der Waals surface area contributed by atoms with Crippen LogP contribution in [0.2, 0.25) is 0 Å². The number of aliphatic carboxylic acids is 1. The molecule has 7 heteroatoms. The van der Waals surface area contributed by atoms with Crippen LogP contribution in [0, 0.1) is 0 Å². The lowest BCUT2D eigenvalue weighted by Crippen LogP contribution is -2.36. The van der Waals surface area contributed by atoms with Gasteiger partial charge in [0.2, 0.25) is 5.91 Å². The first-order chi connectivity index (χ1) is 16.4. The molecule has 4 rings (SSSR count). The number of rotatable bonds is 8. The summed E-state index contributed by atoms with van der Waals surface area (Å²) in [7, 11) is 0. The summed E-state index contributed by atoms with van der Waals surface area (Å²) in [5, 5.41) is 14.4. The SMILES string of the molecule is C[C@H](CC(=O)Nc1cccc(CC(=O)O)c1)NC(=O)OCC1c2ccccc2-c2ccccc21. The first-order valence-electron chi connectivity index (χ1n) is 11.1. The van der Waals surface area contributed by atoms with Crippen molar-refractivity contribution < 1.29 is 24.2 Å². The normalized spacial score (nSPS) is 12.9. The third-order valence-corrected chi connectivity index (χ3v) is 5.77. The molecule has 3 N–H and O–H groups in total. The molecule has 0 saturated carbocycles. The van der Waals surface area contributed by atoms with Crippen LogP contribution in [0.15, 0.2) is 72.8 Å². The molecule has 1 aliphatic carbocycles. The van der Waals surface area contributed by atoms with Crippen molar-refractivity contribution in [1.82, 2.24) is 5.32 Å². The summed E-state index contributed by atoms with van der Waals surface area (Å²) in [6.45, 7) is 1.93. The summed E-state index contributed by atoms with van der Waals surface area (Å²) in [6, 6.07) is 22.5. The van der Waals surface area contributed by atoms with Crippen LogP contribution >= 0.6 is 0 Å². The van der Waals surface area contributed by atoms with E-state index in [2.05, 4.69) is 34.9 Å². The summed E-state index contributed by atoms with van der Waals surface area (Å²) in [6.07, 6.45) is -0.651. The van der Waals surface area contributed by atoms with Crippen LogP contribution in [0.5, 0.6) is 0 Å². The highest BCUT2D eigenvalue weighted by Crippen LogP contribution is 2.44. The zero-order chi connectivity index (χ0) is 24.1. The predicted molar refractivity (Wildman–Crippen MR) is 129 cm³/mol. The number of fused-ring (bicyclic) bond motifs is 3. The van der Waals surface area contributed by atoms with Gasteiger partial charge in [-0.3, -0.25) is 9.59 Å². The molecule has 7 nitrogen and oxygen atoms in total. The van der Waals surface area contributed by atoms with Crippen molar-refractivity contribution in [1.29, 1.82) is 0 Å². The average Bonchev–Trinajstić information content (AvgIpc) is 3.11. The number of hydrogen-bond acceptors (Lipinski definition) is 4. The van der Waals surface area contributed by atoms with Crippen molar-refractivity contribution in [3.05, 3.63) is 89.5 Å². The van der Waals surface area contributed by atoms with E-state index in [0.717, 1.165) is 22.3 Å². The Bertz CT molecular complexity index is 1180. The van der Waals surface area contributed by atoms with Crippen molar-refractivity contribution in [2.24, 2.45) is 0 Å². The van der Waals surface area contributed by atoms with Gasteiger partial charge in [-0.15, -0.1) is 0 Å². The molecule has 0 aliphatic heterocycles. The zero-order valence-corrected chi connectivity index (χ0v) is 18.8. The zero-order valence-electron chi connectivity index (χ0n) is 18.8. The Labute approximate surface area is 197 Å². The molecular formula is C27H26N2O5. The van der Waals surface area contributed by atoms with Gasteiger partial charge in [0.25, 0.3) is 0 Å². The number of anilines is 1. The summed E-state index contributed by atoms with van der Waals surface area (Å²) in [5.74, 6) is -1.27. The molecule has 1 atom stereocenters. The topological polar surface area (TPSA) is 105 Å². The number of benzene rings is 3. The van der Waals surface area contributed by atoms with Crippen molar-refractivity contribution in [2.75, 3.05) is 11.9 Å². The van der Waals surface area contributed by atoms with Gasteiger partial charge < -0.3 is 20.5 Å². The molecule has 3 aromatic carbocycles. The Morgan fingerprint density at radius 2 is 1.59 bits per heavy atom. The Hall–Kier alpha value is -4.13. The molecule has 0 saturated heterocycles. The summed E-state index contributed by atoms with van der Waals surface area (Å²) < 4.78 is 5.53. The minimum Gasteiger partial charge on any atom is -0.481 e. The number of ether oxygens (including phenoxy) is 1. The van der Waals surface area contributed by atoms with E-state index in [0.29, 0.717) is 11.3 Å². The number of amides is 2. The van der Waals surface area contributed by atoms with E-state index < -0.39 is 18.1 Å². The third kappa shape index (κ3) is 5.43. The number of carboxylic acid groups (broad SMARTS) is 1. The van der Waals surface area contributed by atoms with Crippen molar-refractivity contribution in [3.63, 3.8) is 0 Å². The van der Waals surface area contributed by atoms with Crippen molar-refractivity contribution in [3.8, 4) is 11.1 Å². The van der Waals surface area contributed by atoms with Crippen LogP contribution in [0.3, 0.4) is 0 Å². The van der Waals surface area contributed by atoms with Gasteiger partial charge >= 0.3 is 12.1 Å². The van der Waals surface area contributed by atoms with Crippen LogP contribution in [0.4, 0.5) is 10.5 Å². The second-order valence-corrected chi connectivity index (χ2v) is 8.39. The Kier molecular flexibility index (Phi) is 6.92. The summed E-state index contributed by atoms with van der Waals surface area (Å²) in [4.78, 5) is 35.6. The first-order valence-corrected chi connectivity index (χ1v) is 11.1. The smallest absolute Gasteiger partial charge is 0.407 e. The maximum atomic E-state index is 12.4. The molecule has 174 valence electrons. The molecule has 0 radical (unpaired) electrons. The van der Waals surface area contributed by atoms with Crippen molar-refractivity contribution in [2.45, 2.75) is 31.7 Å². The van der Waals surface area contributed by atoms with E-state index in [-0.39, 0.29) is 31.3 Å². The summed E-state index contributed by atoms with van der Waals surface area (Å²) in [5.41, 5.74) is 5.68. The maximum Gasteiger partial charge on any atom is 0.407 e. The third-order valence-electron chi connectivity index (χ3n) is 5.77. The molecule has 2 amide bonds. The van der Waals surface area contributed by atoms with Gasteiger partial charge in [0.1, 0.15) is 6.61 Å². The van der Waals surface area contributed by atoms with E-state index in [4.69, 9.17) is 9.84 Å². The molecule has 0 fully saturated rings. The highest BCUT2D eigenvalue weighted by atomic mass is 16.5. The number of carbonyl (C=O) groups is 3. The molecule has 1 aliphatic rings. The molecule has 3 aromatic rings. The fourth-order valence-electron chi connectivity index (χ4n) is 4.32. The molecule has 0 bridgehead atoms. The largest absolute Gasteiger partial charge is 0.481 e. The standard InChI is InChI=1S/C27H26N2O5/c1-17(13-25(30)29-19-8-6-7-18(14-19)15-26(31)32)28-27(33)34-16-24-22-11-4-2-9-20(22)21-10-3-5-12-23(21)24/h2-12,14,17,24H,13,15-16H2,1H3,(H,28,33)(H,29,30)(H,31,32)/t17-/m1/s1. The molecule has 0 aromatic heterocycles. The minimum atomic E-state index is -0.940. The lowest BCUT2D eigenvalue weighted by atomic mass is 9.98. The Morgan fingerprint density at radius 1 is 0.941 bits per heavy atom. The first kappa shape index (κ1) is 23.0. The van der Waals surface area contributed by atoms with Gasteiger partial charge in [0, 0.05) is 24.1 Å². The van der Waals surface area contributed by atoms with Crippen LogP contribution in [0.1, 0.15) is 36.0 Å². The highest BCUT2D eigenvalue weighted by molar-refractivity contribution is 5.91. The molecular weight excluding hydrogens is 432 g/mol. The highest BCUT2D eigenvalue weighted by Gasteiger charge is 2.29. The second-order valence-electron chi connectivity index (χ2n) is 8.39. The molecule has 0 heterocycles. The van der Waals surface area contributed by atoms with Crippen LogP contribution in [-0.2, 0) is 20.7 Å². The van der Waals surface area contributed by atoms with Gasteiger partial charge in [-0.05, 0) is 46.9 Å². The van der Waals surface area contributed by atoms with Gasteiger partial charge in [-0.2, -0.15) is 0 Å². The number of alkyl carbamates (subject to hydrolysis) is 1. The Balaban J connectivity index is 1.28. The van der Waals surface area contributed by atoms with Gasteiger partial charge in [0.15, 0.2) is 0 Å². The number of carboxylic acids is 1. The summed E-state index contributed by atoms with van der Waals surface area (Å²) >= 11 is 0. The van der Waals surface area contributed by atoms with E-state index in [1.807, 2.05) is 24.3 Å². The average molecular weight is 459 g/mol. The molecule has 0 spiro atoms. The van der Waals surface area contributed by atoms with Gasteiger partial charge in [0.05, 0.1) is 6.42 Å². The number of nitrogens with one attached hydrogen (secondary N) is 2. The number of hydrogen-bond donors (Lipinski definition) is 3. The lowest BCUT2D eigenvalue weighted by Gasteiger charge is -2.17. The van der Waals surface area contributed by atoms with Crippen LogP contribution in [-0.4, -0.2) is 35.7 Å². The van der Waals surface area contributed by atoms with E-state index in [9.17, 15) is 14.4 Å². The van der Waals surface area contributed by atoms with Gasteiger partial charge in [-0.1, -0.05) is 60.7 Å². The second kappa shape index (κ2) is 10.2. The van der Waals surface area contributed by atoms with E-state index >= 15 is 0 Å². The number of carbonyl (C=O) groups excluding carboxylic acids is 2.